The van der Waals surface area contributed by atoms with Gasteiger partial charge in [0, 0.05) is 5.69 Å². The van der Waals surface area contributed by atoms with Crippen molar-refractivity contribution in [3.8, 4) is 0 Å². The van der Waals surface area contributed by atoms with Crippen LogP contribution in [0.4, 0.5) is 10.1 Å². The molecule has 0 amide bonds. The first kappa shape index (κ1) is 13.1. The molecule has 102 valence electrons. The molecule has 0 bridgehead atoms. The molecule has 1 N–H and O–H groups in total. The van der Waals surface area contributed by atoms with E-state index in [0.717, 1.165) is 21.8 Å². The molecule has 0 aliphatic rings. The molecule has 0 saturated heterocycles. The summed E-state index contributed by atoms with van der Waals surface area (Å²) in [4.78, 5) is 4.62. The maximum Gasteiger partial charge on any atom is 0.125 e. The first-order valence-corrected chi connectivity index (χ1v) is 7.33. The molecule has 1 atom stereocenters. The Morgan fingerprint density at radius 3 is 2.75 bits per heavy atom. The van der Waals surface area contributed by atoms with Gasteiger partial charge in [0.25, 0.3) is 0 Å². The van der Waals surface area contributed by atoms with Gasteiger partial charge in [-0.05, 0) is 49.7 Å². The predicted molar refractivity (Wildman–Crippen MR) is 82.8 cm³/mol. The Morgan fingerprint density at radius 2 is 2.00 bits per heavy atom. The maximum atomic E-state index is 13.4. The second-order valence-corrected chi connectivity index (χ2v) is 5.97. The Labute approximate surface area is 121 Å². The minimum absolute atomic E-state index is 0.0496. The number of aryl methyl sites for hydroxylation is 1. The van der Waals surface area contributed by atoms with Gasteiger partial charge < -0.3 is 5.32 Å². The second kappa shape index (κ2) is 5.21. The molecule has 0 aliphatic heterocycles. The van der Waals surface area contributed by atoms with Gasteiger partial charge in [-0.15, -0.1) is 11.3 Å². The van der Waals surface area contributed by atoms with Gasteiger partial charge in [-0.2, -0.15) is 0 Å². The number of thiazole rings is 1. The summed E-state index contributed by atoms with van der Waals surface area (Å²) < 4.78 is 14.6. The van der Waals surface area contributed by atoms with Crippen molar-refractivity contribution >= 4 is 27.2 Å². The van der Waals surface area contributed by atoms with Crippen LogP contribution in [0.25, 0.3) is 10.2 Å². The number of nitrogens with one attached hydrogen (secondary N) is 1. The lowest BCUT2D eigenvalue weighted by Gasteiger charge is -2.13. The van der Waals surface area contributed by atoms with E-state index in [1.165, 1.54) is 16.8 Å². The Kier molecular flexibility index (Phi) is 3.40. The summed E-state index contributed by atoms with van der Waals surface area (Å²) in [6.07, 6.45) is 0. The number of anilines is 1. The van der Waals surface area contributed by atoms with Crippen molar-refractivity contribution in [2.75, 3.05) is 5.32 Å². The summed E-state index contributed by atoms with van der Waals surface area (Å²) in [5.41, 5.74) is 2.70. The van der Waals surface area contributed by atoms with Gasteiger partial charge in [0.05, 0.1) is 16.3 Å². The lowest BCUT2D eigenvalue weighted by molar-refractivity contribution is 0.626. The molecule has 0 radical (unpaired) electrons. The average molecular weight is 286 g/mol. The van der Waals surface area contributed by atoms with Crippen LogP contribution in [-0.4, -0.2) is 4.98 Å². The molecule has 0 saturated carbocycles. The molecule has 20 heavy (non-hydrogen) atoms. The summed E-state index contributed by atoms with van der Waals surface area (Å²) in [6.45, 7) is 3.93. The highest BCUT2D eigenvalue weighted by Gasteiger charge is 2.11. The van der Waals surface area contributed by atoms with Crippen LogP contribution in [0.5, 0.6) is 0 Å². The normalized spacial score (nSPS) is 12.6. The van der Waals surface area contributed by atoms with E-state index in [1.54, 1.807) is 11.3 Å². The fourth-order valence-corrected chi connectivity index (χ4v) is 3.18. The average Bonchev–Trinajstić information content (AvgIpc) is 2.81. The first-order valence-electron chi connectivity index (χ1n) is 6.51. The van der Waals surface area contributed by atoms with Gasteiger partial charge in [0.2, 0.25) is 0 Å². The summed E-state index contributed by atoms with van der Waals surface area (Å²) in [5.74, 6) is -0.219. The summed E-state index contributed by atoms with van der Waals surface area (Å²) in [7, 11) is 0. The Bertz CT molecular complexity index is 698. The largest absolute Gasteiger partial charge is 0.376 e. The molecule has 0 fully saturated rings. The van der Waals surface area contributed by atoms with Gasteiger partial charge in [-0.1, -0.05) is 12.1 Å². The number of hydrogen-bond acceptors (Lipinski definition) is 3. The smallest absolute Gasteiger partial charge is 0.125 e. The zero-order chi connectivity index (χ0) is 14.1. The van der Waals surface area contributed by atoms with Crippen LogP contribution >= 0.6 is 11.3 Å². The van der Waals surface area contributed by atoms with Crippen molar-refractivity contribution in [2.45, 2.75) is 19.9 Å². The molecule has 1 heterocycles. The number of para-hydroxylation sites is 1. The van der Waals surface area contributed by atoms with Crippen LogP contribution in [0, 0.1) is 12.7 Å². The van der Waals surface area contributed by atoms with Gasteiger partial charge in [-0.25, -0.2) is 9.37 Å². The third-order valence-corrected chi connectivity index (χ3v) is 4.33. The summed E-state index contributed by atoms with van der Waals surface area (Å²) in [5, 5.41) is 4.32. The van der Waals surface area contributed by atoms with Crippen molar-refractivity contribution < 1.29 is 4.39 Å². The Balaban J connectivity index is 1.86. The van der Waals surface area contributed by atoms with Crippen LogP contribution in [0.15, 0.2) is 42.5 Å². The molecule has 1 aromatic heterocycles. The topological polar surface area (TPSA) is 24.9 Å². The molecule has 0 spiro atoms. The van der Waals surface area contributed by atoms with E-state index in [-0.39, 0.29) is 11.9 Å². The van der Waals surface area contributed by atoms with E-state index in [0.29, 0.717) is 0 Å². The Morgan fingerprint density at radius 1 is 1.20 bits per heavy atom. The number of aromatic nitrogens is 1. The van der Waals surface area contributed by atoms with Crippen LogP contribution in [0.3, 0.4) is 0 Å². The van der Waals surface area contributed by atoms with E-state index in [4.69, 9.17) is 0 Å². The highest BCUT2D eigenvalue weighted by atomic mass is 32.1. The number of benzene rings is 2. The van der Waals surface area contributed by atoms with Crippen LogP contribution in [0.1, 0.15) is 23.5 Å². The molecular weight excluding hydrogens is 271 g/mol. The van der Waals surface area contributed by atoms with E-state index in [2.05, 4.69) is 16.4 Å². The zero-order valence-corrected chi connectivity index (χ0v) is 12.2. The van der Waals surface area contributed by atoms with E-state index in [1.807, 2.05) is 38.1 Å². The quantitative estimate of drug-likeness (QED) is 0.739. The predicted octanol–water partition coefficient (Wildman–Crippen LogP) is 4.92. The standard InChI is InChI=1S/C16H15FN2S/c1-10-7-12(17)9-13(8-10)18-11(2)16-19-14-5-3-4-6-15(14)20-16/h3-9,11,18H,1-2H3. The lowest BCUT2D eigenvalue weighted by atomic mass is 10.2. The van der Waals surface area contributed by atoms with Crippen molar-refractivity contribution in [3.05, 3.63) is 58.9 Å². The third kappa shape index (κ3) is 2.65. The molecule has 1 unspecified atom stereocenters. The fraction of sp³-hybridized carbons (Fsp3) is 0.188. The van der Waals surface area contributed by atoms with Crippen molar-refractivity contribution in [1.82, 2.24) is 4.98 Å². The third-order valence-electron chi connectivity index (χ3n) is 3.11. The lowest BCUT2D eigenvalue weighted by Crippen LogP contribution is -2.06. The number of rotatable bonds is 3. The number of nitrogens with zero attached hydrogens (tertiary/aromatic N) is 1. The van der Waals surface area contributed by atoms with Gasteiger partial charge in [0.15, 0.2) is 0 Å². The monoisotopic (exact) mass is 286 g/mol. The first-order chi connectivity index (χ1) is 9.61. The number of hydrogen-bond donors (Lipinski definition) is 1. The summed E-state index contributed by atoms with van der Waals surface area (Å²) >= 11 is 1.67. The van der Waals surface area contributed by atoms with Gasteiger partial charge in [-0.3, -0.25) is 0 Å². The van der Waals surface area contributed by atoms with E-state index in [9.17, 15) is 4.39 Å². The van der Waals surface area contributed by atoms with Crippen LogP contribution in [-0.2, 0) is 0 Å². The highest BCUT2D eigenvalue weighted by Crippen LogP contribution is 2.28. The SMILES string of the molecule is Cc1cc(F)cc(NC(C)c2nc3ccccc3s2)c1. The van der Waals surface area contributed by atoms with Crippen molar-refractivity contribution in [2.24, 2.45) is 0 Å². The second-order valence-electron chi connectivity index (χ2n) is 4.90. The maximum absolute atomic E-state index is 13.4. The Hall–Kier alpha value is -1.94. The van der Waals surface area contributed by atoms with Gasteiger partial charge in [0.1, 0.15) is 10.8 Å². The molecule has 2 aromatic carbocycles. The van der Waals surface area contributed by atoms with E-state index >= 15 is 0 Å². The molecule has 3 aromatic rings. The zero-order valence-electron chi connectivity index (χ0n) is 11.4. The van der Waals surface area contributed by atoms with Gasteiger partial charge >= 0.3 is 0 Å². The fourth-order valence-electron chi connectivity index (χ4n) is 2.21. The molecule has 0 aliphatic carbocycles. The minimum Gasteiger partial charge on any atom is -0.376 e. The number of fused-ring (bicyclic) bond motifs is 1. The molecule has 3 rings (SSSR count). The van der Waals surface area contributed by atoms with Crippen molar-refractivity contribution in [3.63, 3.8) is 0 Å². The summed E-state index contributed by atoms with van der Waals surface area (Å²) in [6, 6.07) is 13.1. The van der Waals surface area contributed by atoms with E-state index < -0.39 is 0 Å². The highest BCUT2D eigenvalue weighted by molar-refractivity contribution is 7.18. The number of halogens is 1. The molecule has 2 nitrogen and oxygen atoms in total. The minimum atomic E-state index is -0.219. The molecular formula is C16H15FN2S. The van der Waals surface area contributed by atoms with Crippen molar-refractivity contribution in [1.29, 1.82) is 0 Å². The van der Waals surface area contributed by atoms with Crippen LogP contribution < -0.4 is 5.32 Å². The van der Waals surface area contributed by atoms with Crippen LogP contribution in [0.2, 0.25) is 0 Å². The molecule has 4 heteroatoms.